The van der Waals surface area contributed by atoms with Crippen molar-refractivity contribution in [3.63, 3.8) is 0 Å². The van der Waals surface area contributed by atoms with Crippen molar-refractivity contribution < 1.29 is 37.2 Å². The highest BCUT2D eigenvalue weighted by atomic mass is 32.2. The number of aryl methyl sites for hydroxylation is 1. The summed E-state index contributed by atoms with van der Waals surface area (Å²) in [5.74, 6) is -2.17. The van der Waals surface area contributed by atoms with Gasteiger partial charge in [0.15, 0.2) is 0 Å². The van der Waals surface area contributed by atoms with Crippen molar-refractivity contribution in [1.82, 2.24) is 9.47 Å². The number of nitrogens with zero attached hydrogens (tertiary/aromatic N) is 4. The standard InChI is InChI=1S/C24H25N4O8S2/c1-12-17(16-9-26-11-25(3)23(22(26)37-16)38(4,34)35)20(27-19(12)18(13(2)29)21(27)30)24(31)36-10-14-5-7-15(8-6-14)28(32)33/h5-9,11-13,18-19,29H,10H2,1-4H3/q+1/t12-,13+,18+,19+/m0/s1. The van der Waals surface area contributed by atoms with Crippen LogP contribution in [-0.2, 0) is 37.8 Å². The molecule has 0 saturated carbocycles. The Morgan fingerprint density at radius 1 is 1.32 bits per heavy atom. The first-order valence-corrected chi connectivity index (χ1v) is 14.4. The Hall–Kier alpha value is -3.62. The van der Waals surface area contributed by atoms with E-state index in [1.165, 1.54) is 52.0 Å². The minimum Gasteiger partial charge on any atom is -0.456 e. The molecule has 0 spiro atoms. The number of aliphatic hydroxyl groups excluding tert-OH is 1. The van der Waals surface area contributed by atoms with Crippen LogP contribution in [0.15, 0.2) is 47.5 Å². The summed E-state index contributed by atoms with van der Waals surface area (Å²) >= 11 is 1.19. The number of hydrogen-bond acceptors (Lipinski definition) is 9. The summed E-state index contributed by atoms with van der Waals surface area (Å²) in [5, 5.41) is 21.3. The molecule has 1 N–H and O–H groups in total. The zero-order valence-corrected chi connectivity index (χ0v) is 22.5. The van der Waals surface area contributed by atoms with Gasteiger partial charge in [-0.1, -0.05) is 18.3 Å². The molecule has 1 saturated heterocycles. The smallest absolute Gasteiger partial charge is 0.355 e. The molecule has 38 heavy (non-hydrogen) atoms. The van der Waals surface area contributed by atoms with E-state index in [2.05, 4.69) is 0 Å². The largest absolute Gasteiger partial charge is 0.456 e. The molecule has 4 atom stereocenters. The Bertz CT molecular complexity index is 1640. The maximum atomic E-state index is 13.4. The van der Waals surface area contributed by atoms with Gasteiger partial charge in [0, 0.05) is 29.9 Å². The average Bonchev–Trinajstić information content (AvgIpc) is 3.43. The molecule has 12 nitrogen and oxygen atoms in total. The van der Waals surface area contributed by atoms with E-state index >= 15 is 0 Å². The second kappa shape index (κ2) is 8.99. The van der Waals surface area contributed by atoms with Crippen LogP contribution in [-0.4, -0.2) is 58.2 Å². The van der Waals surface area contributed by atoms with Gasteiger partial charge in [-0.3, -0.25) is 14.9 Å². The highest BCUT2D eigenvalue weighted by Gasteiger charge is 2.60. The Kier molecular flexibility index (Phi) is 6.16. The number of thiazole rings is 1. The molecule has 4 heterocycles. The highest BCUT2D eigenvalue weighted by Crippen LogP contribution is 2.51. The van der Waals surface area contributed by atoms with Crippen molar-refractivity contribution in [2.24, 2.45) is 18.9 Å². The second-order valence-corrected chi connectivity index (χ2v) is 12.6. The number of carbonyl (C=O) groups is 2. The van der Waals surface area contributed by atoms with E-state index in [9.17, 15) is 33.2 Å². The number of aliphatic hydroxyl groups is 1. The Morgan fingerprint density at radius 3 is 2.55 bits per heavy atom. The molecule has 14 heteroatoms. The van der Waals surface area contributed by atoms with Crippen molar-refractivity contribution in [2.75, 3.05) is 6.26 Å². The third-order valence-electron chi connectivity index (χ3n) is 7.00. The number of nitro groups is 1. The Labute approximate surface area is 221 Å². The van der Waals surface area contributed by atoms with Crippen LogP contribution < -0.4 is 4.40 Å². The van der Waals surface area contributed by atoms with Crippen LogP contribution >= 0.6 is 11.3 Å². The average molecular weight is 562 g/mol. The Morgan fingerprint density at radius 2 is 1.97 bits per heavy atom. The fraction of sp³-hybridized carbons (Fsp3) is 0.375. The minimum absolute atomic E-state index is 0.0566. The zero-order valence-electron chi connectivity index (χ0n) is 20.9. The van der Waals surface area contributed by atoms with Crippen LogP contribution in [0.4, 0.5) is 5.69 Å². The van der Waals surface area contributed by atoms with Crippen molar-refractivity contribution in [3.8, 4) is 0 Å². The molecule has 0 radical (unpaired) electrons. The lowest BCUT2D eigenvalue weighted by molar-refractivity contribution is -0.508. The predicted octanol–water partition coefficient (Wildman–Crippen LogP) is 1.45. The molecule has 0 aliphatic carbocycles. The predicted molar refractivity (Wildman–Crippen MR) is 134 cm³/mol. The third-order valence-corrected chi connectivity index (χ3v) is 9.45. The summed E-state index contributed by atoms with van der Waals surface area (Å²) < 4.78 is 33.5. The molecule has 0 unspecified atom stereocenters. The van der Waals surface area contributed by atoms with E-state index in [1.54, 1.807) is 24.0 Å². The maximum Gasteiger partial charge on any atom is 0.355 e. The number of benzene rings is 1. The van der Waals surface area contributed by atoms with Crippen molar-refractivity contribution >= 4 is 49.1 Å². The van der Waals surface area contributed by atoms with Crippen molar-refractivity contribution in [2.45, 2.75) is 37.6 Å². The molecule has 1 amide bonds. The normalized spacial score (nSPS) is 22.0. The van der Waals surface area contributed by atoms with Crippen LogP contribution in [0.2, 0.25) is 0 Å². The van der Waals surface area contributed by atoms with E-state index in [0.29, 0.717) is 20.8 Å². The van der Waals surface area contributed by atoms with Crippen LogP contribution in [0, 0.1) is 22.0 Å². The van der Waals surface area contributed by atoms with Crippen LogP contribution in [0.5, 0.6) is 0 Å². The lowest BCUT2D eigenvalue weighted by atomic mass is 9.77. The molecule has 2 aromatic heterocycles. The number of non-ortho nitro benzene ring substituents is 1. The number of aromatic nitrogens is 2. The van der Waals surface area contributed by atoms with E-state index < -0.39 is 38.8 Å². The highest BCUT2D eigenvalue weighted by molar-refractivity contribution is 7.91. The summed E-state index contributed by atoms with van der Waals surface area (Å²) in [7, 11) is -1.92. The number of rotatable bonds is 7. The summed E-state index contributed by atoms with van der Waals surface area (Å²) in [6.45, 7) is 3.22. The Balaban J connectivity index is 1.55. The number of β-lactam (4-membered cyclic amide) rings is 1. The summed E-state index contributed by atoms with van der Waals surface area (Å²) in [6, 6.07) is 5.12. The zero-order chi connectivity index (χ0) is 27.7. The molecule has 0 bridgehead atoms. The van der Waals surface area contributed by atoms with Gasteiger partial charge in [-0.05, 0) is 24.6 Å². The monoisotopic (exact) mass is 561 g/mol. The third kappa shape index (κ3) is 3.99. The number of amides is 1. The maximum absolute atomic E-state index is 13.4. The number of carbonyl (C=O) groups excluding carboxylic acids is 2. The summed E-state index contributed by atoms with van der Waals surface area (Å²) in [5.41, 5.74) is 1.03. The molecule has 3 aromatic rings. The molecule has 1 aromatic carbocycles. The molecule has 200 valence electrons. The number of nitro benzene ring substituents is 1. The molecule has 1 fully saturated rings. The number of esters is 1. The molecule has 5 rings (SSSR count). The van der Waals surface area contributed by atoms with Gasteiger partial charge in [0.25, 0.3) is 17.0 Å². The number of imidazole rings is 1. The van der Waals surface area contributed by atoms with Gasteiger partial charge < -0.3 is 14.7 Å². The lowest BCUT2D eigenvalue weighted by Crippen LogP contribution is -2.63. The van der Waals surface area contributed by atoms with Crippen LogP contribution in [0.25, 0.3) is 10.4 Å². The molecular formula is C24H25N4O8S2+. The van der Waals surface area contributed by atoms with Gasteiger partial charge in [0.2, 0.25) is 20.6 Å². The number of hydrogen-bond donors (Lipinski definition) is 1. The number of sulfone groups is 1. The van der Waals surface area contributed by atoms with E-state index in [4.69, 9.17) is 4.74 Å². The first kappa shape index (κ1) is 26.0. The number of fused-ring (bicyclic) bond motifs is 2. The quantitative estimate of drug-likeness (QED) is 0.150. The summed E-state index contributed by atoms with van der Waals surface area (Å²) in [6.07, 6.45) is 3.55. The molecule has 2 aliphatic heterocycles. The lowest BCUT2D eigenvalue weighted by Gasteiger charge is -2.46. The number of ether oxygens (including phenoxy) is 1. The van der Waals surface area contributed by atoms with Gasteiger partial charge >= 0.3 is 5.97 Å². The topological polar surface area (TPSA) is 153 Å². The van der Waals surface area contributed by atoms with E-state index in [0.717, 1.165) is 6.26 Å². The van der Waals surface area contributed by atoms with Crippen LogP contribution in [0.3, 0.4) is 0 Å². The SMILES string of the molecule is C[C@@H](O)[C@H]1C(=O)N2C(C(=O)OCc3ccc([N+](=O)[O-])cc3)=C(c3c[n+]4cn(C)c(S(C)(=O)=O)c4s3)[C@H](C)[C@H]12. The fourth-order valence-electron chi connectivity index (χ4n) is 5.36. The van der Waals surface area contributed by atoms with Crippen molar-refractivity contribution in [3.05, 3.63) is 63.0 Å². The van der Waals surface area contributed by atoms with Crippen LogP contribution in [0.1, 0.15) is 24.3 Å². The van der Waals surface area contributed by atoms with E-state index in [-0.39, 0.29) is 34.8 Å². The van der Waals surface area contributed by atoms with Gasteiger partial charge in [0.05, 0.1) is 34.9 Å². The van der Waals surface area contributed by atoms with E-state index in [1.807, 2.05) is 6.92 Å². The van der Waals surface area contributed by atoms with Crippen molar-refractivity contribution in [1.29, 1.82) is 0 Å². The molecular weight excluding hydrogens is 536 g/mol. The van der Waals surface area contributed by atoms with Gasteiger partial charge in [-0.2, -0.15) is 4.40 Å². The van der Waals surface area contributed by atoms with Gasteiger partial charge in [-0.15, -0.1) is 0 Å². The first-order valence-electron chi connectivity index (χ1n) is 11.7. The van der Waals surface area contributed by atoms with Gasteiger partial charge in [0.1, 0.15) is 18.5 Å². The minimum atomic E-state index is -3.55. The van der Waals surface area contributed by atoms with Gasteiger partial charge in [-0.25, -0.2) is 17.8 Å². The first-order chi connectivity index (χ1) is 17.8. The molecule has 2 aliphatic rings. The second-order valence-electron chi connectivity index (χ2n) is 9.63. The summed E-state index contributed by atoms with van der Waals surface area (Å²) in [4.78, 5) is 39.2. The fourth-order valence-corrected chi connectivity index (χ4v) is 8.13.